The van der Waals surface area contributed by atoms with Gasteiger partial charge in [0.25, 0.3) is 0 Å². The van der Waals surface area contributed by atoms with Crippen LogP contribution in [0.3, 0.4) is 0 Å². The quantitative estimate of drug-likeness (QED) is 0.199. The van der Waals surface area contributed by atoms with Gasteiger partial charge in [0, 0.05) is 35.8 Å². The zero-order valence-corrected chi connectivity index (χ0v) is 27.4. The van der Waals surface area contributed by atoms with Crippen LogP contribution in [0.25, 0.3) is 0 Å². The van der Waals surface area contributed by atoms with Gasteiger partial charge in [-0.3, -0.25) is 14.5 Å². The number of nitrogens with one attached hydrogen (secondary N) is 1. The van der Waals surface area contributed by atoms with Gasteiger partial charge in [-0.05, 0) is 78.4 Å². The number of hydrogen-bond acceptors (Lipinski definition) is 8. The number of rotatable bonds is 14. The number of anilines is 1. The van der Waals surface area contributed by atoms with E-state index in [0.29, 0.717) is 67.2 Å². The van der Waals surface area contributed by atoms with E-state index in [1.54, 1.807) is 6.07 Å². The predicted molar refractivity (Wildman–Crippen MR) is 175 cm³/mol. The lowest BCUT2D eigenvalue weighted by Gasteiger charge is -2.27. The lowest BCUT2D eigenvalue weighted by molar-refractivity contribution is -0.143. The molecule has 0 spiro atoms. The van der Waals surface area contributed by atoms with Gasteiger partial charge in [0.2, 0.25) is 18.4 Å². The van der Waals surface area contributed by atoms with E-state index in [-0.39, 0.29) is 19.2 Å². The van der Waals surface area contributed by atoms with E-state index in [1.165, 1.54) is 7.11 Å². The van der Waals surface area contributed by atoms with E-state index < -0.39 is 23.8 Å². The molecule has 246 valence electrons. The first-order valence-corrected chi connectivity index (χ1v) is 16.0. The maximum absolute atomic E-state index is 13.7. The summed E-state index contributed by atoms with van der Waals surface area (Å²) in [6, 6.07) is 14.1. The second-order valence-corrected chi connectivity index (χ2v) is 11.7. The molecule has 3 aromatic carbocycles. The Hall–Kier alpha value is -3.99. The number of fused-ring (bicyclic) bond motifs is 1. The van der Waals surface area contributed by atoms with Crippen LogP contribution >= 0.6 is 11.6 Å². The molecule has 0 saturated carbocycles. The molecule has 1 amide bonds. The second kappa shape index (κ2) is 15.1. The highest BCUT2D eigenvalue weighted by Gasteiger charge is 2.48. The largest absolute Gasteiger partial charge is 0.493 e. The fraction of sp³-hybridized carbons (Fsp3) is 0.429. The molecule has 2 heterocycles. The summed E-state index contributed by atoms with van der Waals surface area (Å²) in [7, 11) is 1.54. The summed E-state index contributed by atoms with van der Waals surface area (Å²) in [4.78, 5) is 28.8. The number of carbonyl (C=O) groups excluding carboxylic acids is 1. The van der Waals surface area contributed by atoms with Gasteiger partial charge in [0.15, 0.2) is 11.5 Å². The van der Waals surface area contributed by atoms with Crippen molar-refractivity contribution in [3.8, 4) is 23.0 Å². The molecule has 0 aromatic heterocycles. The molecule has 2 N–H and O–H groups in total. The molecule has 0 radical (unpaired) electrons. The van der Waals surface area contributed by atoms with Crippen LogP contribution in [0, 0.1) is 5.92 Å². The van der Waals surface area contributed by atoms with E-state index in [0.717, 1.165) is 27.9 Å². The van der Waals surface area contributed by atoms with Crippen LogP contribution in [0.4, 0.5) is 5.69 Å². The number of halogens is 1. The number of carboxylic acids is 1. The molecular formula is C35H41ClN2O8. The Bertz CT molecular complexity index is 1520. The van der Waals surface area contributed by atoms with Crippen molar-refractivity contribution in [2.24, 2.45) is 5.92 Å². The molecule has 5 rings (SSSR count). The summed E-state index contributed by atoms with van der Waals surface area (Å²) >= 11 is 6.35. The van der Waals surface area contributed by atoms with E-state index in [9.17, 15) is 14.7 Å². The Labute approximate surface area is 274 Å². The number of ether oxygens (including phenoxy) is 5. The van der Waals surface area contributed by atoms with E-state index >= 15 is 0 Å². The number of hydrogen-bond donors (Lipinski definition) is 2. The number of amides is 1. The van der Waals surface area contributed by atoms with Gasteiger partial charge in [0.05, 0.1) is 26.2 Å². The number of nitrogens with zero attached hydrogens (tertiary/aromatic N) is 1. The summed E-state index contributed by atoms with van der Waals surface area (Å²) in [5.74, 6) is -0.447. The molecule has 3 atom stereocenters. The number of aryl methyl sites for hydroxylation is 2. The normalized spacial score (nSPS) is 18.8. The van der Waals surface area contributed by atoms with E-state index in [2.05, 4.69) is 5.32 Å². The molecule has 1 unspecified atom stereocenters. The third kappa shape index (κ3) is 7.19. The van der Waals surface area contributed by atoms with Gasteiger partial charge in [-0.25, -0.2) is 0 Å². The molecule has 3 aromatic rings. The Morgan fingerprint density at radius 3 is 2.35 bits per heavy atom. The van der Waals surface area contributed by atoms with Crippen LogP contribution in [0.5, 0.6) is 23.0 Å². The first-order chi connectivity index (χ1) is 22.3. The number of likely N-dealkylation sites (tertiary alicyclic amines) is 1. The summed E-state index contributed by atoms with van der Waals surface area (Å²) in [5, 5.41) is 14.5. The number of carboxylic acid groups (broad SMARTS) is 1. The highest BCUT2D eigenvalue weighted by molar-refractivity contribution is 6.30. The third-order valence-corrected chi connectivity index (χ3v) is 8.77. The zero-order chi connectivity index (χ0) is 32.8. The van der Waals surface area contributed by atoms with Crippen molar-refractivity contribution in [1.29, 1.82) is 0 Å². The Morgan fingerprint density at radius 1 is 1.00 bits per heavy atom. The second-order valence-electron chi connectivity index (χ2n) is 11.3. The Balaban J connectivity index is 1.48. The van der Waals surface area contributed by atoms with Crippen LogP contribution in [0.2, 0.25) is 5.02 Å². The van der Waals surface area contributed by atoms with Crippen LogP contribution in [0.1, 0.15) is 55.0 Å². The molecule has 46 heavy (non-hydrogen) atoms. The molecular weight excluding hydrogens is 612 g/mol. The van der Waals surface area contributed by atoms with Crippen molar-refractivity contribution in [1.82, 2.24) is 4.90 Å². The molecule has 11 heteroatoms. The summed E-state index contributed by atoms with van der Waals surface area (Å²) in [6.07, 6.45) is 1.40. The standard InChI is InChI=1S/C35H41ClN2O8/c1-5-21-14-25(36)15-22(6-2)32(21)37-30(39)19-38-18-27(24-16-28(42-4)34-29(17-24)45-20-46-34)31(35(40)41)33(38)23-8-10-26(11-9-23)44-13-12-43-7-3/h8-11,14-17,27,31,33H,5-7,12-13,18-20H2,1-4H3,(H,37,39)(H,40,41)/t27-,31?,33+/m1/s1. The van der Waals surface area contributed by atoms with Crippen molar-refractivity contribution in [3.05, 3.63) is 75.8 Å². The van der Waals surface area contributed by atoms with Crippen LogP contribution in [-0.4, -0.2) is 68.7 Å². The van der Waals surface area contributed by atoms with E-state index in [4.69, 9.17) is 35.3 Å². The van der Waals surface area contributed by atoms with Crippen molar-refractivity contribution in [3.63, 3.8) is 0 Å². The highest BCUT2D eigenvalue weighted by Crippen LogP contribution is 2.50. The monoisotopic (exact) mass is 652 g/mol. The summed E-state index contributed by atoms with van der Waals surface area (Å²) in [6.45, 7) is 7.79. The zero-order valence-electron chi connectivity index (χ0n) is 26.6. The third-order valence-electron chi connectivity index (χ3n) is 8.55. The minimum absolute atomic E-state index is 0.0197. The maximum atomic E-state index is 13.7. The predicted octanol–water partition coefficient (Wildman–Crippen LogP) is 6.10. The van der Waals surface area contributed by atoms with Gasteiger partial charge in [-0.1, -0.05) is 37.6 Å². The SMILES string of the molecule is CCOCCOc1ccc([C@H]2C(C(=O)O)[C@@H](c3cc(OC)c4c(c3)OCO4)CN2CC(=O)Nc2c(CC)cc(Cl)cc2CC)cc1. The molecule has 1 fully saturated rings. The maximum Gasteiger partial charge on any atom is 0.309 e. The minimum Gasteiger partial charge on any atom is -0.493 e. The van der Waals surface area contributed by atoms with Crippen LogP contribution < -0.4 is 24.3 Å². The van der Waals surface area contributed by atoms with Gasteiger partial charge < -0.3 is 34.1 Å². The fourth-order valence-corrected chi connectivity index (χ4v) is 6.69. The van der Waals surface area contributed by atoms with Crippen molar-refractivity contribution in [2.45, 2.75) is 45.6 Å². The smallest absolute Gasteiger partial charge is 0.309 e. The van der Waals surface area contributed by atoms with Gasteiger partial charge in [-0.2, -0.15) is 0 Å². The molecule has 0 aliphatic carbocycles. The number of carbonyl (C=O) groups is 2. The van der Waals surface area contributed by atoms with Crippen molar-refractivity contribution < 1.29 is 38.4 Å². The lowest BCUT2D eigenvalue weighted by atomic mass is 9.82. The van der Waals surface area contributed by atoms with Gasteiger partial charge in [-0.15, -0.1) is 0 Å². The average Bonchev–Trinajstić information content (AvgIpc) is 3.68. The number of aliphatic carboxylic acids is 1. The first kappa shape index (κ1) is 33.4. The molecule has 10 nitrogen and oxygen atoms in total. The number of methoxy groups -OCH3 is 1. The van der Waals surface area contributed by atoms with E-state index in [1.807, 2.05) is 68.1 Å². The summed E-state index contributed by atoms with van der Waals surface area (Å²) < 4.78 is 28.0. The topological polar surface area (TPSA) is 116 Å². The van der Waals surface area contributed by atoms with Crippen LogP contribution in [0.15, 0.2) is 48.5 Å². The van der Waals surface area contributed by atoms with Gasteiger partial charge in [0.1, 0.15) is 12.4 Å². The number of benzene rings is 3. The lowest BCUT2D eigenvalue weighted by Crippen LogP contribution is -2.35. The Morgan fingerprint density at radius 2 is 1.72 bits per heavy atom. The molecule has 0 bridgehead atoms. The van der Waals surface area contributed by atoms with Crippen molar-refractivity contribution in [2.75, 3.05) is 52.1 Å². The van der Waals surface area contributed by atoms with Crippen LogP contribution in [-0.2, 0) is 27.2 Å². The fourth-order valence-electron chi connectivity index (χ4n) is 6.42. The average molecular weight is 653 g/mol. The van der Waals surface area contributed by atoms with Crippen molar-refractivity contribution >= 4 is 29.2 Å². The first-order valence-electron chi connectivity index (χ1n) is 15.6. The minimum atomic E-state index is -0.967. The molecule has 2 aliphatic heterocycles. The van der Waals surface area contributed by atoms with Gasteiger partial charge >= 0.3 is 5.97 Å². The highest BCUT2D eigenvalue weighted by atomic mass is 35.5. The molecule has 1 saturated heterocycles. The Kier molecular flexibility index (Phi) is 10.9. The summed E-state index contributed by atoms with van der Waals surface area (Å²) in [5.41, 5.74) is 4.16. The molecule has 2 aliphatic rings.